The average Bonchev–Trinajstić information content (AvgIpc) is 2.46. The third-order valence-electron chi connectivity index (χ3n) is 3.19. The molecule has 0 saturated heterocycles. The largest absolute Gasteiger partial charge is 0.300 e. The fraction of sp³-hybridized carbons (Fsp3) is 0.562. The van der Waals surface area contributed by atoms with Crippen LogP contribution in [0, 0.1) is 11.3 Å². The van der Waals surface area contributed by atoms with Crippen molar-refractivity contribution in [2.24, 2.45) is 0 Å². The lowest BCUT2D eigenvalue weighted by Crippen LogP contribution is -2.41. The predicted molar refractivity (Wildman–Crippen MR) is 89.2 cm³/mol. The maximum Gasteiger partial charge on any atom is 0.103 e. The Hall–Kier alpha value is -0.690. The molecule has 0 aromatic heterocycles. The predicted octanol–water partition coefficient (Wildman–Crippen LogP) is 4.64. The smallest absolute Gasteiger partial charge is 0.103 e. The van der Waals surface area contributed by atoms with E-state index >= 15 is 0 Å². The van der Waals surface area contributed by atoms with E-state index in [1.807, 2.05) is 36.9 Å². The van der Waals surface area contributed by atoms with E-state index in [2.05, 4.69) is 24.4 Å². The van der Waals surface area contributed by atoms with Crippen LogP contribution in [0.15, 0.2) is 24.3 Å². The number of nitrogens with zero attached hydrogens (tertiary/aromatic N) is 1. The van der Waals surface area contributed by atoms with Gasteiger partial charge in [-0.15, -0.1) is 0 Å². The summed E-state index contributed by atoms with van der Waals surface area (Å²) in [5.74, 6) is 1.99. The van der Waals surface area contributed by atoms with Crippen molar-refractivity contribution in [1.29, 1.82) is 5.26 Å². The summed E-state index contributed by atoms with van der Waals surface area (Å²) in [6.07, 6.45) is 2.98. The highest BCUT2D eigenvalue weighted by atomic mass is 35.5. The van der Waals surface area contributed by atoms with Crippen molar-refractivity contribution < 1.29 is 0 Å². The van der Waals surface area contributed by atoms with Gasteiger partial charge in [0.05, 0.1) is 6.07 Å². The highest BCUT2D eigenvalue weighted by Crippen LogP contribution is 2.22. The molecular formula is C16H23ClN2S. The molecule has 0 heterocycles. The van der Waals surface area contributed by atoms with Crippen molar-refractivity contribution >= 4 is 23.4 Å². The normalized spacial score (nSPS) is 13.7. The lowest BCUT2D eigenvalue weighted by molar-refractivity contribution is 0.415. The molecule has 0 fully saturated rings. The number of hydrogen-bond acceptors (Lipinski definition) is 3. The van der Waals surface area contributed by atoms with E-state index in [0.29, 0.717) is 0 Å². The average molecular weight is 311 g/mol. The molecule has 1 rings (SSSR count). The number of rotatable bonds is 9. The fourth-order valence-electron chi connectivity index (χ4n) is 1.91. The van der Waals surface area contributed by atoms with Crippen molar-refractivity contribution in [3.63, 3.8) is 0 Å². The fourth-order valence-corrected chi connectivity index (χ4v) is 3.16. The SMILES string of the molecule is CCCNC(C)(C#N)CCCSCc1ccccc1Cl. The number of nitriles is 1. The molecule has 0 bridgehead atoms. The van der Waals surface area contributed by atoms with Gasteiger partial charge in [-0.1, -0.05) is 36.7 Å². The van der Waals surface area contributed by atoms with Gasteiger partial charge in [-0.2, -0.15) is 17.0 Å². The second-order valence-electron chi connectivity index (χ2n) is 5.12. The highest BCUT2D eigenvalue weighted by Gasteiger charge is 2.21. The Balaban J connectivity index is 2.25. The Bertz CT molecular complexity index is 444. The minimum atomic E-state index is -0.388. The summed E-state index contributed by atoms with van der Waals surface area (Å²) in [6.45, 7) is 5.00. The maximum atomic E-state index is 9.25. The van der Waals surface area contributed by atoms with Gasteiger partial charge in [-0.3, -0.25) is 5.32 Å². The second-order valence-corrected chi connectivity index (χ2v) is 6.63. The second kappa shape index (κ2) is 9.28. The maximum absolute atomic E-state index is 9.25. The van der Waals surface area contributed by atoms with Gasteiger partial charge in [0.15, 0.2) is 0 Å². The third-order valence-corrected chi connectivity index (χ3v) is 4.65. The van der Waals surface area contributed by atoms with Gasteiger partial charge < -0.3 is 0 Å². The summed E-state index contributed by atoms with van der Waals surface area (Å²) in [5, 5.41) is 13.4. The van der Waals surface area contributed by atoms with Crippen LogP contribution in [-0.2, 0) is 5.75 Å². The van der Waals surface area contributed by atoms with Crippen LogP contribution in [0.25, 0.3) is 0 Å². The Kier molecular flexibility index (Phi) is 8.06. The van der Waals surface area contributed by atoms with Crippen LogP contribution in [-0.4, -0.2) is 17.8 Å². The van der Waals surface area contributed by atoms with Gasteiger partial charge in [0.2, 0.25) is 0 Å². The molecule has 20 heavy (non-hydrogen) atoms. The number of nitrogens with one attached hydrogen (secondary N) is 1. The van der Waals surface area contributed by atoms with Crippen LogP contribution >= 0.6 is 23.4 Å². The standard InChI is InChI=1S/C16H23ClN2S/c1-3-10-19-16(2,13-18)9-6-11-20-12-14-7-4-5-8-15(14)17/h4-5,7-8,19H,3,6,9-12H2,1-2H3. The summed E-state index contributed by atoms with van der Waals surface area (Å²) in [5.41, 5.74) is 0.798. The van der Waals surface area contributed by atoms with Crippen LogP contribution in [0.5, 0.6) is 0 Å². The first kappa shape index (κ1) is 17.4. The van der Waals surface area contributed by atoms with E-state index < -0.39 is 0 Å². The van der Waals surface area contributed by atoms with E-state index in [-0.39, 0.29) is 5.54 Å². The third kappa shape index (κ3) is 6.17. The summed E-state index contributed by atoms with van der Waals surface area (Å²) >= 11 is 8.00. The first-order valence-electron chi connectivity index (χ1n) is 7.09. The zero-order valence-corrected chi connectivity index (χ0v) is 13.9. The van der Waals surface area contributed by atoms with Crippen LogP contribution in [0.1, 0.15) is 38.7 Å². The Morgan fingerprint density at radius 1 is 1.40 bits per heavy atom. The quantitative estimate of drug-likeness (QED) is 0.675. The van der Waals surface area contributed by atoms with Gasteiger partial charge in [0.25, 0.3) is 0 Å². The number of hydrogen-bond donors (Lipinski definition) is 1. The molecule has 1 unspecified atom stereocenters. The zero-order valence-electron chi connectivity index (χ0n) is 12.3. The van der Waals surface area contributed by atoms with Crippen molar-refractivity contribution in [2.45, 2.75) is 44.4 Å². The molecule has 0 aliphatic heterocycles. The molecule has 1 N–H and O–H groups in total. The molecule has 4 heteroatoms. The summed E-state index contributed by atoms with van der Waals surface area (Å²) in [7, 11) is 0. The van der Waals surface area contributed by atoms with Crippen molar-refractivity contribution in [1.82, 2.24) is 5.32 Å². The summed E-state index contributed by atoms with van der Waals surface area (Å²) in [4.78, 5) is 0. The molecule has 110 valence electrons. The molecule has 1 aromatic rings. The number of thioether (sulfide) groups is 1. The molecule has 0 aliphatic rings. The van der Waals surface area contributed by atoms with Crippen LogP contribution in [0.4, 0.5) is 0 Å². The van der Waals surface area contributed by atoms with Crippen molar-refractivity contribution in [3.05, 3.63) is 34.9 Å². The van der Waals surface area contributed by atoms with Gasteiger partial charge >= 0.3 is 0 Å². The lowest BCUT2D eigenvalue weighted by atomic mass is 9.98. The Labute approximate surface area is 131 Å². The highest BCUT2D eigenvalue weighted by molar-refractivity contribution is 7.98. The van der Waals surface area contributed by atoms with E-state index in [9.17, 15) is 5.26 Å². The van der Waals surface area contributed by atoms with Gasteiger partial charge in [0.1, 0.15) is 5.54 Å². The summed E-state index contributed by atoms with van der Waals surface area (Å²) in [6, 6.07) is 10.4. The molecule has 1 atom stereocenters. The summed E-state index contributed by atoms with van der Waals surface area (Å²) < 4.78 is 0. The van der Waals surface area contributed by atoms with Gasteiger partial charge in [-0.25, -0.2) is 0 Å². The first-order valence-corrected chi connectivity index (χ1v) is 8.62. The minimum Gasteiger partial charge on any atom is -0.300 e. The molecule has 0 aliphatic carbocycles. The van der Waals surface area contributed by atoms with Crippen LogP contribution in [0.3, 0.4) is 0 Å². The molecule has 1 aromatic carbocycles. The van der Waals surface area contributed by atoms with Crippen LogP contribution < -0.4 is 5.32 Å². The zero-order chi connectivity index (χ0) is 14.8. The molecule has 0 saturated carbocycles. The minimum absolute atomic E-state index is 0.388. The molecule has 0 radical (unpaired) electrons. The monoisotopic (exact) mass is 310 g/mol. The molecule has 0 amide bonds. The number of benzene rings is 1. The van der Waals surface area contributed by atoms with Gasteiger partial charge in [0, 0.05) is 10.8 Å². The topological polar surface area (TPSA) is 35.8 Å². The molecule has 2 nitrogen and oxygen atoms in total. The van der Waals surface area contributed by atoms with E-state index in [1.165, 1.54) is 5.56 Å². The van der Waals surface area contributed by atoms with E-state index in [4.69, 9.17) is 11.6 Å². The van der Waals surface area contributed by atoms with E-state index in [1.54, 1.807) is 0 Å². The first-order chi connectivity index (χ1) is 9.61. The molecule has 0 spiro atoms. The van der Waals surface area contributed by atoms with Crippen molar-refractivity contribution in [3.8, 4) is 6.07 Å². The Morgan fingerprint density at radius 2 is 2.15 bits per heavy atom. The van der Waals surface area contributed by atoms with Gasteiger partial charge in [-0.05, 0) is 50.1 Å². The lowest BCUT2D eigenvalue weighted by Gasteiger charge is -2.22. The van der Waals surface area contributed by atoms with E-state index in [0.717, 1.165) is 42.3 Å². The Morgan fingerprint density at radius 3 is 2.80 bits per heavy atom. The van der Waals surface area contributed by atoms with Crippen molar-refractivity contribution in [2.75, 3.05) is 12.3 Å². The number of halogens is 1. The van der Waals surface area contributed by atoms with Crippen LogP contribution in [0.2, 0.25) is 5.02 Å². The molecular weight excluding hydrogens is 288 g/mol.